The minimum absolute atomic E-state index is 0.440. The van der Waals surface area contributed by atoms with Gasteiger partial charge in [-0.3, -0.25) is 0 Å². The maximum atomic E-state index is 8.67. The molecule has 2 fully saturated rings. The molecule has 4 heteroatoms. The number of halogens is 1. The Balaban J connectivity index is 1.75. The number of rotatable bonds is 10. The third-order valence-electron chi connectivity index (χ3n) is 11.6. The number of anilines is 1. The molecule has 2 aliphatic rings. The molecule has 2 saturated carbocycles. The van der Waals surface area contributed by atoms with Crippen LogP contribution in [-0.2, 0) is 15.2 Å². The molecule has 2 aliphatic carbocycles. The Hall–Kier alpha value is -1.94. The second kappa shape index (κ2) is 16.2. The maximum absolute atomic E-state index is 8.67. The molecule has 0 bridgehead atoms. The molecule has 0 unspecified atom stereocenters. The van der Waals surface area contributed by atoms with E-state index in [1.807, 2.05) is 0 Å². The average Bonchev–Trinajstić information content (AvgIpc) is 3.12. The van der Waals surface area contributed by atoms with Gasteiger partial charge >= 0.3 is 310 Å². The van der Waals surface area contributed by atoms with Gasteiger partial charge in [-0.05, 0) is 0 Å². The molecular formula is C45H60ClNPPd. The van der Waals surface area contributed by atoms with E-state index in [1.54, 1.807) is 5.30 Å². The van der Waals surface area contributed by atoms with Crippen molar-refractivity contribution in [2.45, 2.75) is 135 Å². The summed E-state index contributed by atoms with van der Waals surface area (Å²) in [5.41, 5.74) is 16.4. The molecule has 6 rings (SSSR count). The number of nitrogen functional groups attached to an aromatic ring is 1. The first-order valence-corrected chi connectivity index (χ1v) is 26.2. The monoisotopic (exact) mass is 786 g/mol. The van der Waals surface area contributed by atoms with Crippen molar-refractivity contribution in [1.82, 2.24) is 0 Å². The summed E-state index contributed by atoms with van der Waals surface area (Å²) in [4.78, 5) is 0. The first-order chi connectivity index (χ1) is 23.7. The molecule has 0 atom stereocenters. The van der Waals surface area contributed by atoms with Crippen LogP contribution >= 0.6 is 15.0 Å². The minimum atomic E-state index is -2.47. The third kappa shape index (κ3) is 7.25. The SMILES string of the molecule is CC(C)c1ccc(-c2c(C(C)C)cccc2C(C)C)c([PH](C2CCCCC2)(C2CCCCC2)[Pd]([Cl])[c]2ccccc2-c2ccccc2N)c1. The van der Waals surface area contributed by atoms with Crippen LogP contribution in [0.3, 0.4) is 0 Å². The van der Waals surface area contributed by atoms with Crippen LogP contribution in [0.2, 0.25) is 0 Å². The van der Waals surface area contributed by atoms with Crippen LogP contribution in [0.5, 0.6) is 0 Å². The van der Waals surface area contributed by atoms with Gasteiger partial charge in [0.2, 0.25) is 0 Å². The molecule has 0 spiro atoms. The quantitative estimate of drug-likeness (QED) is 0.0967. The van der Waals surface area contributed by atoms with Gasteiger partial charge in [-0.25, -0.2) is 0 Å². The van der Waals surface area contributed by atoms with Gasteiger partial charge in [-0.15, -0.1) is 0 Å². The molecule has 0 saturated heterocycles. The number of para-hydroxylation sites is 1. The molecule has 0 aliphatic heterocycles. The van der Waals surface area contributed by atoms with E-state index < -0.39 is 20.7 Å². The molecule has 267 valence electrons. The summed E-state index contributed by atoms with van der Waals surface area (Å²) in [6.07, 6.45) is 13.4. The fraction of sp³-hybridized carbons (Fsp3) is 0.467. The molecule has 49 heavy (non-hydrogen) atoms. The van der Waals surface area contributed by atoms with Crippen LogP contribution in [0.15, 0.2) is 84.9 Å². The van der Waals surface area contributed by atoms with Crippen molar-refractivity contribution < 1.29 is 15.2 Å². The first kappa shape index (κ1) is 36.8. The van der Waals surface area contributed by atoms with Gasteiger partial charge < -0.3 is 0 Å². The van der Waals surface area contributed by atoms with Gasteiger partial charge in [0.25, 0.3) is 0 Å². The van der Waals surface area contributed by atoms with E-state index in [2.05, 4.69) is 126 Å². The number of hydrogen-bond donors (Lipinski definition) is 1. The van der Waals surface area contributed by atoms with Gasteiger partial charge in [0, 0.05) is 0 Å². The Kier molecular flexibility index (Phi) is 12.2. The zero-order valence-electron chi connectivity index (χ0n) is 30.8. The predicted octanol–water partition coefficient (Wildman–Crippen LogP) is 13.0. The van der Waals surface area contributed by atoms with Crippen molar-refractivity contribution in [2.24, 2.45) is 0 Å². The van der Waals surface area contributed by atoms with Crippen LogP contribution in [0.25, 0.3) is 22.3 Å². The summed E-state index contributed by atoms with van der Waals surface area (Å²) in [6, 6.07) is 32.6. The van der Waals surface area contributed by atoms with Crippen LogP contribution in [0.4, 0.5) is 5.69 Å². The summed E-state index contributed by atoms with van der Waals surface area (Å²) in [7, 11) is 8.67. The Labute approximate surface area is 307 Å². The molecule has 4 aromatic carbocycles. The molecule has 1 nitrogen and oxygen atoms in total. The van der Waals surface area contributed by atoms with Crippen LogP contribution in [0, 0.1) is 0 Å². The van der Waals surface area contributed by atoms with Crippen LogP contribution in [-0.4, -0.2) is 11.3 Å². The molecular weight excluding hydrogens is 727 g/mol. The van der Waals surface area contributed by atoms with Gasteiger partial charge in [0.15, 0.2) is 0 Å². The number of nitrogens with two attached hydrogens (primary N) is 1. The zero-order valence-corrected chi connectivity index (χ0v) is 34.1. The topological polar surface area (TPSA) is 26.0 Å². The second-order valence-corrected chi connectivity index (χ2v) is 29.4. The van der Waals surface area contributed by atoms with Crippen molar-refractivity contribution >= 4 is 30.0 Å². The van der Waals surface area contributed by atoms with Crippen molar-refractivity contribution in [1.29, 1.82) is 0 Å². The third-order valence-corrected chi connectivity index (χ3v) is 31.8. The molecule has 0 radical (unpaired) electrons. The molecule has 0 amide bonds. The summed E-state index contributed by atoms with van der Waals surface area (Å²) in [6.45, 7) is 14.3. The summed E-state index contributed by atoms with van der Waals surface area (Å²) in [5, 5.41) is 1.71. The van der Waals surface area contributed by atoms with Gasteiger partial charge in [0.05, 0.1) is 0 Å². The Morgan fingerprint density at radius 2 is 1.12 bits per heavy atom. The zero-order chi connectivity index (χ0) is 34.7. The Bertz CT molecular complexity index is 1670. The Morgan fingerprint density at radius 1 is 0.592 bits per heavy atom. The summed E-state index contributed by atoms with van der Waals surface area (Å²) in [5.74, 6) is 1.34. The van der Waals surface area contributed by atoms with E-state index in [-0.39, 0.29) is 0 Å². The molecule has 0 aromatic heterocycles. The fourth-order valence-corrected chi connectivity index (χ4v) is 32.2. The van der Waals surface area contributed by atoms with E-state index in [4.69, 9.17) is 15.3 Å². The van der Waals surface area contributed by atoms with E-state index in [9.17, 15) is 0 Å². The fourth-order valence-electron chi connectivity index (χ4n) is 9.05. The van der Waals surface area contributed by atoms with Crippen molar-refractivity contribution in [2.75, 3.05) is 5.73 Å². The van der Waals surface area contributed by atoms with E-state index in [0.717, 1.165) is 11.3 Å². The normalized spacial score (nSPS) is 17.2. The van der Waals surface area contributed by atoms with E-state index >= 15 is 0 Å². The molecule has 4 aromatic rings. The van der Waals surface area contributed by atoms with Crippen molar-refractivity contribution in [3.05, 3.63) is 102 Å². The number of benzene rings is 4. The van der Waals surface area contributed by atoms with Crippen LogP contribution < -0.4 is 15.1 Å². The summed E-state index contributed by atoms with van der Waals surface area (Å²) < 4.78 is 1.41. The van der Waals surface area contributed by atoms with Gasteiger partial charge in [-0.2, -0.15) is 0 Å². The Morgan fingerprint density at radius 3 is 1.65 bits per heavy atom. The van der Waals surface area contributed by atoms with E-state index in [0.29, 0.717) is 29.1 Å². The standard InChI is InChI=1S/C33H49P.C12H10N.ClH.Pd/c1-23(2)26-20-21-31(33-29(24(3)4)18-13-19-30(33)25(5)6)32(22-26)34(27-14-9-7-10-15-27)28-16-11-8-12-17-28;13-12-9-5-4-8-11(12)10-6-2-1-3-7-10;;/h13,18-25,27-28H,7-12,14-17H2,1-6H3;1-6,8-9H,13H2;1H;. The van der Waals surface area contributed by atoms with Crippen molar-refractivity contribution in [3.8, 4) is 22.3 Å². The van der Waals surface area contributed by atoms with Crippen LogP contribution in [0.1, 0.15) is 140 Å². The predicted molar refractivity (Wildman–Crippen MR) is 218 cm³/mol. The average molecular weight is 788 g/mol. The summed E-state index contributed by atoms with van der Waals surface area (Å²) >= 11 is -1.81. The van der Waals surface area contributed by atoms with E-state index in [1.165, 1.54) is 102 Å². The van der Waals surface area contributed by atoms with Gasteiger partial charge in [-0.1, -0.05) is 0 Å². The molecule has 0 heterocycles. The van der Waals surface area contributed by atoms with Gasteiger partial charge in [0.1, 0.15) is 0 Å². The number of hydrogen-bond acceptors (Lipinski definition) is 1. The second-order valence-electron chi connectivity index (χ2n) is 15.7. The van der Waals surface area contributed by atoms with Crippen molar-refractivity contribution in [3.63, 3.8) is 0 Å². The molecule has 2 N–H and O–H groups in total. The first-order valence-electron chi connectivity index (χ1n) is 19.2.